The number of imidazole rings is 1. The Bertz CT molecular complexity index is 934. The Labute approximate surface area is 125 Å². The van der Waals surface area contributed by atoms with Gasteiger partial charge in [0.25, 0.3) is 5.89 Å². The molecule has 4 rings (SSSR count). The molecular weight excluding hydrogens is 282 g/mol. The van der Waals surface area contributed by atoms with E-state index in [9.17, 15) is 0 Å². The van der Waals surface area contributed by atoms with E-state index in [2.05, 4.69) is 25.3 Å². The zero-order valence-corrected chi connectivity index (χ0v) is 12.1. The van der Waals surface area contributed by atoms with Gasteiger partial charge in [-0.1, -0.05) is 24.2 Å². The fraction of sp³-hybridized carbons (Fsp3) is 0.200. The number of aromatic nitrogens is 5. The van der Waals surface area contributed by atoms with Crippen molar-refractivity contribution in [2.75, 3.05) is 0 Å². The summed E-state index contributed by atoms with van der Waals surface area (Å²) in [6.07, 6.45) is 1.65. The predicted molar refractivity (Wildman–Crippen MR) is 79.0 cm³/mol. The largest absolute Gasteiger partial charge is 0.360 e. The molecule has 0 spiro atoms. The third-order valence-corrected chi connectivity index (χ3v) is 3.42. The molecule has 0 aliphatic rings. The number of benzene rings is 1. The molecule has 0 amide bonds. The molecule has 0 unspecified atom stereocenters. The van der Waals surface area contributed by atoms with Crippen molar-refractivity contribution in [2.45, 2.75) is 19.8 Å². The molecule has 3 heterocycles. The molecule has 1 aromatic carbocycles. The van der Waals surface area contributed by atoms with E-state index in [1.165, 1.54) is 0 Å². The molecule has 0 aliphatic heterocycles. The topological polar surface area (TPSA) is 93.6 Å². The minimum absolute atomic E-state index is 0.256. The summed E-state index contributed by atoms with van der Waals surface area (Å²) < 4.78 is 10.5. The number of hydrogen-bond acceptors (Lipinski definition) is 6. The number of nitrogens with one attached hydrogen (secondary N) is 1. The lowest BCUT2D eigenvalue weighted by Crippen LogP contribution is -1.82. The molecule has 0 fully saturated rings. The second kappa shape index (κ2) is 4.80. The van der Waals surface area contributed by atoms with Crippen molar-refractivity contribution in [3.63, 3.8) is 0 Å². The molecule has 0 saturated carbocycles. The molecular formula is C15H13N5O2. The van der Waals surface area contributed by atoms with Gasteiger partial charge in [-0.2, -0.15) is 4.98 Å². The Morgan fingerprint density at radius 2 is 2.00 bits per heavy atom. The van der Waals surface area contributed by atoms with Crippen LogP contribution in [0.3, 0.4) is 0 Å². The van der Waals surface area contributed by atoms with E-state index in [0.717, 1.165) is 22.4 Å². The molecule has 0 atom stereocenters. The predicted octanol–water partition coefficient (Wildman–Crippen LogP) is 3.39. The Balaban J connectivity index is 1.70. The van der Waals surface area contributed by atoms with Crippen LogP contribution in [-0.4, -0.2) is 25.3 Å². The van der Waals surface area contributed by atoms with E-state index >= 15 is 0 Å². The van der Waals surface area contributed by atoms with Crippen LogP contribution in [0.25, 0.3) is 34.0 Å². The van der Waals surface area contributed by atoms with E-state index in [1.54, 1.807) is 6.33 Å². The van der Waals surface area contributed by atoms with Gasteiger partial charge in [0.2, 0.25) is 5.82 Å². The molecule has 0 bridgehead atoms. The smallest absolute Gasteiger partial charge is 0.280 e. The average molecular weight is 295 g/mol. The molecule has 22 heavy (non-hydrogen) atoms. The SMILES string of the molecule is CC(C)c1cc(-c2nc(-c3ccc4nc[nH]c4c3)no2)no1. The maximum atomic E-state index is 5.28. The van der Waals surface area contributed by atoms with Crippen molar-refractivity contribution in [1.82, 2.24) is 25.3 Å². The van der Waals surface area contributed by atoms with Gasteiger partial charge in [-0.15, -0.1) is 0 Å². The Kier molecular flexibility index (Phi) is 2.78. The number of H-pyrrole nitrogens is 1. The fourth-order valence-corrected chi connectivity index (χ4v) is 2.18. The summed E-state index contributed by atoms with van der Waals surface area (Å²) in [5, 5.41) is 7.97. The number of nitrogens with zero attached hydrogens (tertiary/aromatic N) is 4. The highest BCUT2D eigenvalue weighted by molar-refractivity contribution is 5.80. The van der Waals surface area contributed by atoms with Gasteiger partial charge >= 0.3 is 0 Å². The van der Waals surface area contributed by atoms with Gasteiger partial charge in [0.05, 0.1) is 17.4 Å². The number of fused-ring (bicyclic) bond motifs is 1. The summed E-state index contributed by atoms with van der Waals surface area (Å²) in [6, 6.07) is 7.56. The lowest BCUT2D eigenvalue weighted by atomic mass is 10.1. The van der Waals surface area contributed by atoms with Gasteiger partial charge in [0.15, 0.2) is 5.69 Å². The quantitative estimate of drug-likeness (QED) is 0.622. The van der Waals surface area contributed by atoms with Crippen LogP contribution >= 0.6 is 0 Å². The molecule has 1 N–H and O–H groups in total. The van der Waals surface area contributed by atoms with Crippen molar-refractivity contribution in [1.29, 1.82) is 0 Å². The molecule has 0 radical (unpaired) electrons. The van der Waals surface area contributed by atoms with E-state index in [0.29, 0.717) is 17.4 Å². The van der Waals surface area contributed by atoms with Gasteiger partial charge in [-0.3, -0.25) is 0 Å². The van der Waals surface area contributed by atoms with Crippen molar-refractivity contribution >= 4 is 11.0 Å². The maximum absolute atomic E-state index is 5.28. The van der Waals surface area contributed by atoms with E-state index in [1.807, 2.05) is 38.1 Å². The number of rotatable bonds is 3. The molecule has 0 saturated heterocycles. The Hall–Kier alpha value is -2.96. The van der Waals surface area contributed by atoms with Crippen LogP contribution in [-0.2, 0) is 0 Å². The van der Waals surface area contributed by atoms with Crippen LogP contribution in [0.15, 0.2) is 39.6 Å². The van der Waals surface area contributed by atoms with Crippen molar-refractivity contribution in [3.8, 4) is 23.0 Å². The first kappa shape index (κ1) is 12.8. The molecule has 0 aliphatic carbocycles. The van der Waals surface area contributed by atoms with Crippen LogP contribution in [0.1, 0.15) is 25.5 Å². The summed E-state index contributed by atoms with van der Waals surface area (Å²) in [4.78, 5) is 11.6. The third-order valence-electron chi connectivity index (χ3n) is 3.42. The second-order valence-electron chi connectivity index (χ2n) is 5.33. The Morgan fingerprint density at radius 3 is 2.82 bits per heavy atom. The first-order valence-corrected chi connectivity index (χ1v) is 6.95. The highest BCUT2D eigenvalue weighted by Crippen LogP contribution is 2.25. The van der Waals surface area contributed by atoms with E-state index < -0.39 is 0 Å². The van der Waals surface area contributed by atoms with Gasteiger partial charge in [0, 0.05) is 17.5 Å². The lowest BCUT2D eigenvalue weighted by Gasteiger charge is -1.93. The van der Waals surface area contributed by atoms with Crippen LogP contribution in [0.2, 0.25) is 0 Å². The first-order valence-electron chi connectivity index (χ1n) is 6.95. The zero-order valence-electron chi connectivity index (χ0n) is 12.1. The van der Waals surface area contributed by atoms with Crippen molar-refractivity contribution in [2.24, 2.45) is 0 Å². The first-order chi connectivity index (χ1) is 10.7. The highest BCUT2D eigenvalue weighted by Gasteiger charge is 2.16. The lowest BCUT2D eigenvalue weighted by molar-refractivity contribution is 0.368. The van der Waals surface area contributed by atoms with Gasteiger partial charge in [-0.05, 0) is 18.2 Å². The highest BCUT2D eigenvalue weighted by atomic mass is 16.5. The zero-order chi connectivity index (χ0) is 15.1. The average Bonchev–Trinajstić information content (AvgIpc) is 3.25. The third kappa shape index (κ3) is 2.07. The van der Waals surface area contributed by atoms with Crippen LogP contribution < -0.4 is 0 Å². The van der Waals surface area contributed by atoms with Crippen LogP contribution in [0.5, 0.6) is 0 Å². The van der Waals surface area contributed by atoms with Crippen molar-refractivity contribution in [3.05, 3.63) is 36.4 Å². The van der Waals surface area contributed by atoms with Gasteiger partial charge in [0.1, 0.15) is 5.76 Å². The van der Waals surface area contributed by atoms with E-state index in [4.69, 9.17) is 9.05 Å². The standard InChI is InChI=1S/C15H13N5O2/c1-8(2)13-6-12(19-21-13)15-18-14(20-22-15)9-3-4-10-11(5-9)17-7-16-10/h3-8H,1-2H3,(H,16,17). The molecule has 7 heteroatoms. The second-order valence-corrected chi connectivity index (χ2v) is 5.33. The minimum atomic E-state index is 0.256. The summed E-state index contributed by atoms with van der Waals surface area (Å²) in [5.74, 6) is 1.89. The molecule has 7 nitrogen and oxygen atoms in total. The maximum Gasteiger partial charge on any atom is 0.280 e. The van der Waals surface area contributed by atoms with Crippen LogP contribution in [0, 0.1) is 0 Å². The van der Waals surface area contributed by atoms with E-state index in [-0.39, 0.29) is 5.92 Å². The number of aromatic amines is 1. The summed E-state index contributed by atoms with van der Waals surface area (Å²) in [6.45, 7) is 4.06. The summed E-state index contributed by atoms with van der Waals surface area (Å²) in [7, 11) is 0. The molecule has 110 valence electrons. The minimum Gasteiger partial charge on any atom is -0.360 e. The summed E-state index contributed by atoms with van der Waals surface area (Å²) in [5.41, 5.74) is 3.21. The Morgan fingerprint density at radius 1 is 1.09 bits per heavy atom. The molecule has 3 aromatic heterocycles. The normalized spacial score (nSPS) is 11.6. The fourth-order valence-electron chi connectivity index (χ4n) is 2.18. The van der Waals surface area contributed by atoms with Gasteiger partial charge in [-0.25, -0.2) is 4.98 Å². The summed E-state index contributed by atoms with van der Waals surface area (Å²) >= 11 is 0. The number of hydrogen-bond donors (Lipinski definition) is 1. The monoisotopic (exact) mass is 295 g/mol. The van der Waals surface area contributed by atoms with Crippen molar-refractivity contribution < 1.29 is 9.05 Å². The van der Waals surface area contributed by atoms with Gasteiger partial charge < -0.3 is 14.0 Å². The van der Waals surface area contributed by atoms with Crippen LogP contribution in [0.4, 0.5) is 0 Å². The molecule has 4 aromatic rings.